The first-order chi connectivity index (χ1) is 9.84. The molecule has 1 N–H and O–H groups in total. The van der Waals surface area contributed by atoms with Crippen molar-refractivity contribution in [3.05, 3.63) is 17.7 Å². The maximum Gasteiger partial charge on any atom is 0.131 e. The monoisotopic (exact) mass is 291 g/mol. The molecule has 1 saturated carbocycles. The van der Waals surface area contributed by atoms with Crippen LogP contribution in [-0.4, -0.2) is 28.2 Å². The van der Waals surface area contributed by atoms with Crippen LogP contribution in [-0.2, 0) is 6.61 Å². The minimum Gasteiger partial charge on any atom is -0.390 e. The maximum atomic E-state index is 9.64. The average molecular weight is 291 g/mol. The van der Waals surface area contributed by atoms with Gasteiger partial charge >= 0.3 is 0 Å². The standard InChI is InChI=1S/C17H29N3O/c1-12(2)16-18-10-15(14(11-21)19-16)20(5)13-6-8-17(3,4)9-7-13/h10,12-13,21H,6-9,11H2,1-5H3. The Bertz CT molecular complexity index is 475. The summed E-state index contributed by atoms with van der Waals surface area (Å²) in [6.45, 7) is 8.82. The Labute approximate surface area is 128 Å². The molecule has 1 aromatic rings. The molecule has 4 heteroatoms. The van der Waals surface area contributed by atoms with E-state index >= 15 is 0 Å². The molecule has 1 aliphatic carbocycles. The molecule has 1 aromatic heterocycles. The number of rotatable bonds is 4. The summed E-state index contributed by atoms with van der Waals surface area (Å²) in [4.78, 5) is 11.3. The maximum absolute atomic E-state index is 9.64. The Kier molecular flexibility index (Phi) is 4.87. The summed E-state index contributed by atoms with van der Waals surface area (Å²) in [6, 6.07) is 0.525. The van der Waals surface area contributed by atoms with Crippen molar-refractivity contribution in [1.29, 1.82) is 0 Å². The van der Waals surface area contributed by atoms with Gasteiger partial charge in [0.15, 0.2) is 0 Å². The highest BCUT2D eigenvalue weighted by atomic mass is 16.3. The highest BCUT2D eigenvalue weighted by Crippen LogP contribution is 2.38. The Hall–Kier alpha value is -1.16. The van der Waals surface area contributed by atoms with Crippen LogP contribution in [0.25, 0.3) is 0 Å². The predicted molar refractivity (Wildman–Crippen MR) is 86.5 cm³/mol. The third-order valence-corrected chi connectivity index (χ3v) is 4.77. The molecule has 118 valence electrons. The van der Waals surface area contributed by atoms with Crippen molar-refractivity contribution in [2.75, 3.05) is 11.9 Å². The van der Waals surface area contributed by atoms with Crippen molar-refractivity contribution in [1.82, 2.24) is 9.97 Å². The molecule has 0 atom stereocenters. The van der Waals surface area contributed by atoms with Crippen LogP contribution in [0, 0.1) is 5.41 Å². The van der Waals surface area contributed by atoms with Gasteiger partial charge in [-0.15, -0.1) is 0 Å². The first-order valence-electron chi connectivity index (χ1n) is 8.03. The van der Waals surface area contributed by atoms with Gasteiger partial charge in [-0.25, -0.2) is 9.97 Å². The molecule has 1 fully saturated rings. The van der Waals surface area contributed by atoms with E-state index in [9.17, 15) is 5.11 Å². The molecule has 21 heavy (non-hydrogen) atoms. The zero-order valence-electron chi connectivity index (χ0n) is 14.1. The Morgan fingerprint density at radius 2 is 1.95 bits per heavy atom. The van der Waals surface area contributed by atoms with Crippen molar-refractivity contribution in [2.24, 2.45) is 5.41 Å². The van der Waals surface area contributed by atoms with Gasteiger partial charge in [0.05, 0.1) is 24.2 Å². The number of aliphatic hydroxyl groups excluding tert-OH is 1. The predicted octanol–water partition coefficient (Wildman–Crippen LogP) is 3.50. The van der Waals surface area contributed by atoms with E-state index in [0.29, 0.717) is 11.5 Å². The molecule has 0 radical (unpaired) electrons. The summed E-state index contributed by atoms with van der Waals surface area (Å²) < 4.78 is 0. The molecule has 0 unspecified atom stereocenters. The summed E-state index contributed by atoms with van der Waals surface area (Å²) in [6.07, 6.45) is 6.77. The smallest absolute Gasteiger partial charge is 0.131 e. The lowest BCUT2D eigenvalue weighted by atomic mass is 9.75. The Balaban J connectivity index is 2.17. The van der Waals surface area contributed by atoms with Gasteiger partial charge in [0.2, 0.25) is 0 Å². The number of hydrogen-bond donors (Lipinski definition) is 1. The molecular formula is C17H29N3O. The van der Waals surface area contributed by atoms with Gasteiger partial charge in [-0.05, 0) is 31.1 Å². The van der Waals surface area contributed by atoms with Gasteiger partial charge in [-0.1, -0.05) is 27.7 Å². The fourth-order valence-corrected chi connectivity index (χ4v) is 3.08. The highest BCUT2D eigenvalue weighted by Gasteiger charge is 2.29. The number of aromatic nitrogens is 2. The summed E-state index contributed by atoms with van der Waals surface area (Å²) in [5.74, 6) is 1.09. The normalized spacial score (nSPS) is 19.0. The van der Waals surface area contributed by atoms with Crippen LogP contribution < -0.4 is 4.90 Å². The second-order valence-corrected chi connectivity index (χ2v) is 7.38. The van der Waals surface area contributed by atoms with Gasteiger partial charge in [-0.3, -0.25) is 0 Å². The Morgan fingerprint density at radius 1 is 1.33 bits per heavy atom. The molecular weight excluding hydrogens is 262 g/mol. The van der Waals surface area contributed by atoms with E-state index in [0.717, 1.165) is 17.2 Å². The van der Waals surface area contributed by atoms with E-state index in [-0.39, 0.29) is 12.5 Å². The van der Waals surface area contributed by atoms with E-state index in [2.05, 4.69) is 49.6 Å². The average Bonchev–Trinajstić information content (AvgIpc) is 2.45. The van der Waals surface area contributed by atoms with Crippen LogP contribution in [0.15, 0.2) is 6.20 Å². The third kappa shape index (κ3) is 3.73. The van der Waals surface area contributed by atoms with Gasteiger partial charge in [0, 0.05) is 19.0 Å². The molecule has 1 aliphatic rings. The lowest BCUT2D eigenvalue weighted by Crippen LogP contribution is -2.38. The van der Waals surface area contributed by atoms with Crippen LogP contribution >= 0.6 is 0 Å². The lowest BCUT2D eigenvalue weighted by Gasteiger charge is -2.39. The van der Waals surface area contributed by atoms with E-state index < -0.39 is 0 Å². The van der Waals surface area contributed by atoms with Crippen LogP contribution in [0.5, 0.6) is 0 Å². The zero-order chi connectivity index (χ0) is 15.6. The first kappa shape index (κ1) is 16.2. The van der Waals surface area contributed by atoms with Gasteiger partial charge < -0.3 is 10.0 Å². The van der Waals surface area contributed by atoms with E-state index in [1.54, 1.807) is 0 Å². The molecule has 1 heterocycles. The molecule has 0 bridgehead atoms. The largest absolute Gasteiger partial charge is 0.390 e. The van der Waals surface area contributed by atoms with E-state index in [4.69, 9.17) is 0 Å². The summed E-state index contributed by atoms with van der Waals surface area (Å²) >= 11 is 0. The van der Waals surface area contributed by atoms with E-state index in [1.165, 1.54) is 25.7 Å². The molecule has 0 saturated heterocycles. The molecule has 0 aromatic carbocycles. The van der Waals surface area contributed by atoms with Crippen LogP contribution in [0.1, 0.15) is 70.8 Å². The Morgan fingerprint density at radius 3 is 2.48 bits per heavy atom. The highest BCUT2D eigenvalue weighted by molar-refractivity contribution is 5.49. The van der Waals surface area contributed by atoms with Crippen molar-refractivity contribution in [3.8, 4) is 0 Å². The zero-order valence-corrected chi connectivity index (χ0v) is 14.1. The number of nitrogens with zero attached hydrogens (tertiary/aromatic N) is 3. The van der Waals surface area contributed by atoms with Gasteiger partial charge in [-0.2, -0.15) is 0 Å². The summed E-state index contributed by atoms with van der Waals surface area (Å²) in [5, 5.41) is 9.64. The number of hydrogen-bond acceptors (Lipinski definition) is 4. The number of aliphatic hydroxyl groups is 1. The lowest BCUT2D eigenvalue weighted by molar-refractivity contribution is 0.222. The van der Waals surface area contributed by atoms with Crippen molar-refractivity contribution >= 4 is 5.69 Å². The van der Waals surface area contributed by atoms with Crippen molar-refractivity contribution in [2.45, 2.75) is 71.9 Å². The van der Waals surface area contributed by atoms with Crippen molar-refractivity contribution in [3.63, 3.8) is 0 Å². The molecule has 0 spiro atoms. The minimum absolute atomic E-state index is 0.0277. The SMILES string of the molecule is CC(C)c1ncc(N(C)C2CCC(C)(C)CC2)c(CO)n1. The third-order valence-electron chi connectivity index (χ3n) is 4.77. The van der Waals surface area contributed by atoms with Gasteiger partial charge in [0.25, 0.3) is 0 Å². The molecule has 0 aliphatic heterocycles. The molecule has 4 nitrogen and oxygen atoms in total. The summed E-state index contributed by atoms with van der Waals surface area (Å²) in [5.41, 5.74) is 2.20. The summed E-state index contributed by atoms with van der Waals surface area (Å²) in [7, 11) is 2.11. The second kappa shape index (κ2) is 6.30. The van der Waals surface area contributed by atoms with Crippen LogP contribution in [0.4, 0.5) is 5.69 Å². The number of anilines is 1. The van der Waals surface area contributed by atoms with Gasteiger partial charge in [0.1, 0.15) is 5.82 Å². The molecule has 0 amide bonds. The van der Waals surface area contributed by atoms with E-state index in [1.807, 2.05) is 6.20 Å². The van der Waals surface area contributed by atoms with Crippen LogP contribution in [0.3, 0.4) is 0 Å². The first-order valence-corrected chi connectivity index (χ1v) is 8.03. The topological polar surface area (TPSA) is 49.2 Å². The molecule has 2 rings (SSSR count). The fourth-order valence-electron chi connectivity index (χ4n) is 3.08. The fraction of sp³-hybridized carbons (Fsp3) is 0.765. The minimum atomic E-state index is -0.0277. The van der Waals surface area contributed by atoms with Crippen LogP contribution in [0.2, 0.25) is 0 Å². The quantitative estimate of drug-likeness (QED) is 0.922. The second-order valence-electron chi connectivity index (χ2n) is 7.38. The van der Waals surface area contributed by atoms with Crippen molar-refractivity contribution < 1.29 is 5.11 Å².